The molecule has 0 aliphatic heterocycles. The molecule has 1 atom stereocenters. The Morgan fingerprint density at radius 2 is 1.93 bits per heavy atom. The predicted octanol–water partition coefficient (Wildman–Crippen LogP) is 3.88. The molecule has 0 aliphatic rings. The fraction of sp³-hybridized carbons (Fsp3) is 0.304. The molecule has 0 fully saturated rings. The maximum atomic E-state index is 12.5. The number of nitrogens with one attached hydrogen (secondary N) is 1. The summed E-state index contributed by atoms with van der Waals surface area (Å²) >= 11 is 0. The SMILES string of the molecule is COc1ccc(N(C)c2cc(=O)oc3ccccc23)cc1NC(=O)C(N)CC(C)C. The minimum absolute atomic E-state index is 0.271. The number of hydrogen-bond donors (Lipinski definition) is 2. The number of carbonyl (C=O) groups excluding carboxylic acids is 1. The van der Waals surface area contributed by atoms with Crippen LogP contribution in [0.4, 0.5) is 17.1 Å². The van der Waals surface area contributed by atoms with Crippen molar-refractivity contribution in [3.8, 4) is 5.75 Å². The average molecular weight is 409 g/mol. The number of ether oxygens (including phenoxy) is 1. The molecule has 0 aliphatic carbocycles. The Morgan fingerprint density at radius 3 is 2.63 bits per heavy atom. The van der Waals surface area contributed by atoms with Crippen LogP contribution in [0.5, 0.6) is 5.75 Å². The highest BCUT2D eigenvalue weighted by atomic mass is 16.5. The summed E-state index contributed by atoms with van der Waals surface area (Å²) in [4.78, 5) is 26.4. The fourth-order valence-corrected chi connectivity index (χ4v) is 3.35. The average Bonchev–Trinajstić information content (AvgIpc) is 2.72. The number of carbonyl (C=O) groups is 1. The van der Waals surface area contributed by atoms with E-state index < -0.39 is 11.7 Å². The van der Waals surface area contributed by atoms with Gasteiger partial charge in [0.1, 0.15) is 11.3 Å². The molecule has 1 heterocycles. The Labute approximate surface area is 175 Å². The summed E-state index contributed by atoms with van der Waals surface area (Å²) in [6.07, 6.45) is 0.583. The molecule has 0 bridgehead atoms. The number of fused-ring (bicyclic) bond motifs is 1. The van der Waals surface area contributed by atoms with Crippen LogP contribution in [0.2, 0.25) is 0 Å². The fourth-order valence-electron chi connectivity index (χ4n) is 3.35. The van der Waals surface area contributed by atoms with Gasteiger partial charge >= 0.3 is 5.63 Å². The largest absolute Gasteiger partial charge is 0.495 e. The van der Waals surface area contributed by atoms with E-state index in [0.29, 0.717) is 35.0 Å². The molecule has 7 nitrogen and oxygen atoms in total. The van der Waals surface area contributed by atoms with E-state index in [1.165, 1.54) is 6.07 Å². The van der Waals surface area contributed by atoms with Crippen LogP contribution >= 0.6 is 0 Å². The van der Waals surface area contributed by atoms with E-state index >= 15 is 0 Å². The van der Waals surface area contributed by atoms with Crippen molar-refractivity contribution >= 4 is 33.9 Å². The second-order valence-corrected chi connectivity index (χ2v) is 7.62. The molecular formula is C23H27N3O4. The summed E-state index contributed by atoms with van der Waals surface area (Å²) in [6.45, 7) is 4.04. The number of benzene rings is 2. The summed E-state index contributed by atoms with van der Waals surface area (Å²) in [5.74, 6) is 0.561. The number of methoxy groups -OCH3 is 1. The Hall–Kier alpha value is -3.32. The van der Waals surface area contributed by atoms with Crippen molar-refractivity contribution < 1.29 is 13.9 Å². The van der Waals surface area contributed by atoms with E-state index in [-0.39, 0.29) is 5.91 Å². The Morgan fingerprint density at radius 1 is 1.20 bits per heavy atom. The highest BCUT2D eigenvalue weighted by Crippen LogP contribution is 2.34. The van der Waals surface area contributed by atoms with Gasteiger partial charge in [0, 0.05) is 24.2 Å². The van der Waals surface area contributed by atoms with Gasteiger partial charge in [0.25, 0.3) is 0 Å². The topological polar surface area (TPSA) is 97.8 Å². The molecule has 0 radical (unpaired) electrons. The van der Waals surface area contributed by atoms with Crippen molar-refractivity contribution in [1.82, 2.24) is 0 Å². The zero-order chi connectivity index (χ0) is 21.8. The predicted molar refractivity (Wildman–Crippen MR) is 120 cm³/mol. The molecule has 3 rings (SSSR count). The van der Waals surface area contributed by atoms with Gasteiger partial charge in [-0.25, -0.2) is 4.79 Å². The van der Waals surface area contributed by atoms with E-state index in [9.17, 15) is 9.59 Å². The molecule has 0 saturated heterocycles. The lowest BCUT2D eigenvalue weighted by molar-refractivity contribution is -0.117. The van der Waals surface area contributed by atoms with E-state index in [1.54, 1.807) is 25.3 Å². The highest BCUT2D eigenvalue weighted by Gasteiger charge is 2.18. The highest BCUT2D eigenvalue weighted by molar-refractivity contribution is 5.97. The summed E-state index contributed by atoms with van der Waals surface area (Å²) in [6, 6.07) is 13.6. The van der Waals surface area contributed by atoms with Crippen LogP contribution in [0.3, 0.4) is 0 Å². The minimum atomic E-state index is -0.612. The van der Waals surface area contributed by atoms with E-state index in [0.717, 1.165) is 11.1 Å². The summed E-state index contributed by atoms with van der Waals surface area (Å²) in [5.41, 5.74) is 8.06. The van der Waals surface area contributed by atoms with Gasteiger partial charge in [-0.15, -0.1) is 0 Å². The van der Waals surface area contributed by atoms with Crippen molar-refractivity contribution in [3.63, 3.8) is 0 Å². The molecular weight excluding hydrogens is 382 g/mol. The number of amides is 1. The molecule has 30 heavy (non-hydrogen) atoms. The van der Waals surface area contributed by atoms with Gasteiger partial charge < -0.3 is 25.1 Å². The van der Waals surface area contributed by atoms with E-state index in [2.05, 4.69) is 5.32 Å². The first-order valence-electron chi connectivity index (χ1n) is 9.81. The Kier molecular flexibility index (Phi) is 6.42. The van der Waals surface area contributed by atoms with Crippen LogP contribution in [0.25, 0.3) is 11.0 Å². The normalized spacial score (nSPS) is 12.1. The molecule has 3 aromatic rings. The zero-order valence-electron chi connectivity index (χ0n) is 17.6. The van der Waals surface area contributed by atoms with Gasteiger partial charge in [0.2, 0.25) is 5.91 Å². The lowest BCUT2D eigenvalue weighted by Crippen LogP contribution is -2.36. The maximum absolute atomic E-state index is 12.5. The Balaban J connectivity index is 1.97. The van der Waals surface area contributed by atoms with Gasteiger partial charge in [0.05, 0.1) is 24.5 Å². The van der Waals surface area contributed by atoms with Gasteiger partial charge in [0.15, 0.2) is 0 Å². The maximum Gasteiger partial charge on any atom is 0.338 e. The first kappa shape index (κ1) is 21.4. The lowest BCUT2D eigenvalue weighted by atomic mass is 10.0. The van der Waals surface area contributed by atoms with Crippen molar-refractivity contribution in [3.05, 3.63) is 59.0 Å². The van der Waals surface area contributed by atoms with Crippen LogP contribution < -0.4 is 26.3 Å². The second-order valence-electron chi connectivity index (χ2n) is 7.62. The number of anilines is 3. The molecule has 1 aromatic heterocycles. The van der Waals surface area contributed by atoms with Crippen LogP contribution in [0, 0.1) is 5.92 Å². The zero-order valence-corrected chi connectivity index (χ0v) is 17.6. The molecule has 0 spiro atoms. The van der Waals surface area contributed by atoms with E-state index in [1.807, 2.05) is 50.1 Å². The third kappa shape index (κ3) is 4.63. The lowest BCUT2D eigenvalue weighted by Gasteiger charge is -2.23. The van der Waals surface area contributed by atoms with Gasteiger partial charge in [-0.3, -0.25) is 4.79 Å². The van der Waals surface area contributed by atoms with Gasteiger partial charge in [-0.2, -0.15) is 0 Å². The molecule has 2 aromatic carbocycles. The molecule has 0 saturated carbocycles. The second kappa shape index (κ2) is 9.00. The van der Waals surface area contributed by atoms with Crippen molar-refractivity contribution in [2.24, 2.45) is 11.7 Å². The smallest absolute Gasteiger partial charge is 0.338 e. The van der Waals surface area contributed by atoms with E-state index in [4.69, 9.17) is 14.9 Å². The first-order valence-corrected chi connectivity index (χ1v) is 9.81. The Bertz CT molecular complexity index is 1110. The van der Waals surface area contributed by atoms with Crippen LogP contribution in [0.15, 0.2) is 57.7 Å². The third-order valence-corrected chi connectivity index (χ3v) is 4.88. The van der Waals surface area contributed by atoms with Crippen LogP contribution in [0.1, 0.15) is 20.3 Å². The van der Waals surface area contributed by atoms with Crippen molar-refractivity contribution in [1.29, 1.82) is 0 Å². The number of nitrogens with zero attached hydrogens (tertiary/aromatic N) is 1. The molecule has 1 amide bonds. The van der Waals surface area contributed by atoms with Gasteiger partial charge in [-0.1, -0.05) is 26.0 Å². The van der Waals surface area contributed by atoms with Crippen LogP contribution in [-0.2, 0) is 4.79 Å². The van der Waals surface area contributed by atoms with Gasteiger partial charge in [-0.05, 0) is 42.7 Å². The molecule has 1 unspecified atom stereocenters. The number of rotatable bonds is 7. The summed E-state index contributed by atoms with van der Waals surface area (Å²) in [7, 11) is 3.39. The molecule has 158 valence electrons. The molecule has 3 N–H and O–H groups in total. The quantitative estimate of drug-likeness (QED) is 0.575. The third-order valence-electron chi connectivity index (χ3n) is 4.88. The number of nitrogens with two attached hydrogens (primary N) is 1. The first-order chi connectivity index (χ1) is 14.3. The standard InChI is InChI=1S/C23H27N3O4/c1-14(2)11-17(24)23(28)25-18-12-15(9-10-21(18)29-4)26(3)19-13-22(27)30-20-8-6-5-7-16(19)20/h5-10,12-14,17H,11,24H2,1-4H3,(H,25,28). The number of hydrogen-bond acceptors (Lipinski definition) is 6. The summed E-state index contributed by atoms with van der Waals surface area (Å²) < 4.78 is 10.7. The minimum Gasteiger partial charge on any atom is -0.495 e. The van der Waals surface area contributed by atoms with Crippen molar-refractivity contribution in [2.45, 2.75) is 26.3 Å². The van der Waals surface area contributed by atoms with Crippen LogP contribution in [-0.4, -0.2) is 26.1 Å². The molecule has 7 heteroatoms. The summed E-state index contributed by atoms with van der Waals surface area (Å²) in [5, 5.41) is 3.67. The monoisotopic (exact) mass is 409 g/mol. The number of para-hydroxylation sites is 1. The van der Waals surface area contributed by atoms with Crippen molar-refractivity contribution in [2.75, 3.05) is 24.4 Å².